The molecule has 1 amide bonds. The largest absolute Gasteiger partial charge is 0.493 e. The second-order valence-corrected chi connectivity index (χ2v) is 4.30. The van der Waals surface area contributed by atoms with Crippen LogP contribution in [0.3, 0.4) is 0 Å². The maximum atomic E-state index is 12.2. The van der Waals surface area contributed by atoms with Crippen molar-refractivity contribution in [1.29, 1.82) is 0 Å². The molecule has 0 fully saturated rings. The maximum absolute atomic E-state index is 12.2. The molecule has 0 aliphatic rings. The van der Waals surface area contributed by atoms with Gasteiger partial charge >= 0.3 is 0 Å². The van der Waals surface area contributed by atoms with Gasteiger partial charge in [0.2, 0.25) is 0 Å². The number of para-hydroxylation sites is 2. The molecule has 7 nitrogen and oxygen atoms in total. The Labute approximate surface area is 126 Å². The monoisotopic (exact) mass is 302 g/mol. The summed E-state index contributed by atoms with van der Waals surface area (Å²) < 4.78 is 10.2. The Balaban J connectivity index is 2.28. The highest BCUT2D eigenvalue weighted by Gasteiger charge is 2.16. The van der Waals surface area contributed by atoms with E-state index in [0.717, 1.165) is 0 Å². The van der Waals surface area contributed by atoms with Crippen LogP contribution in [0, 0.1) is 10.1 Å². The molecule has 0 saturated heterocycles. The molecule has 0 heterocycles. The van der Waals surface area contributed by atoms with Gasteiger partial charge in [0.25, 0.3) is 11.6 Å². The zero-order valence-corrected chi connectivity index (χ0v) is 12.0. The predicted molar refractivity (Wildman–Crippen MR) is 80.6 cm³/mol. The number of carbonyl (C=O) groups is 1. The number of nitro groups is 1. The van der Waals surface area contributed by atoms with Gasteiger partial charge in [0.05, 0.1) is 19.1 Å². The van der Waals surface area contributed by atoms with E-state index >= 15 is 0 Å². The van der Waals surface area contributed by atoms with Crippen molar-refractivity contribution in [3.63, 3.8) is 0 Å². The van der Waals surface area contributed by atoms with Gasteiger partial charge in [0.15, 0.2) is 11.5 Å². The number of ether oxygens (including phenoxy) is 2. The number of nitrogens with zero attached hydrogens (tertiary/aromatic N) is 1. The lowest BCUT2D eigenvalue weighted by Gasteiger charge is -2.10. The normalized spacial score (nSPS) is 9.91. The van der Waals surface area contributed by atoms with Crippen molar-refractivity contribution in [2.75, 3.05) is 19.5 Å². The third kappa shape index (κ3) is 3.14. The highest BCUT2D eigenvalue weighted by atomic mass is 16.6. The lowest BCUT2D eigenvalue weighted by Crippen LogP contribution is -2.13. The molecule has 0 unspecified atom stereocenters. The molecule has 0 aliphatic heterocycles. The molecule has 114 valence electrons. The minimum atomic E-state index is -0.551. The quantitative estimate of drug-likeness (QED) is 0.677. The van der Waals surface area contributed by atoms with E-state index in [4.69, 9.17) is 9.47 Å². The fourth-order valence-corrected chi connectivity index (χ4v) is 1.91. The molecule has 22 heavy (non-hydrogen) atoms. The number of nitro benzene ring substituents is 1. The van der Waals surface area contributed by atoms with Crippen molar-refractivity contribution in [2.45, 2.75) is 0 Å². The van der Waals surface area contributed by atoms with Crippen LogP contribution in [0.2, 0.25) is 0 Å². The average Bonchev–Trinajstić information content (AvgIpc) is 2.54. The van der Waals surface area contributed by atoms with Gasteiger partial charge in [-0.1, -0.05) is 12.1 Å². The van der Waals surface area contributed by atoms with Crippen LogP contribution in [-0.4, -0.2) is 25.1 Å². The zero-order valence-electron chi connectivity index (χ0n) is 12.0. The Kier molecular flexibility index (Phi) is 4.57. The number of methoxy groups -OCH3 is 2. The third-order valence-corrected chi connectivity index (χ3v) is 2.99. The first-order valence-electron chi connectivity index (χ1n) is 6.33. The van der Waals surface area contributed by atoms with Crippen LogP contribution in [0.1, 0.15) is 10.4 Å². The third-order valence-electron chi connectivity index (χ3n) is 2.99. The molecule has 0 atom stereocenters. The van der Waals surface area contributed by atoms with Crippen molar-refractivity contribution >= 4 is 17.3 Å². The summed E-state index contributed by atoms with van der Waals surface area (Å²) in [4.78, 5) is 22.6. The minimum Gasteiger partial charge on any atom is -0.493 e. The van der Waals surface area contributed by atoms with Gasteiger partial charge in [-0.25, -0.2) is 0 Å². The standard InChI is InChI=1S/C15H14N2O5/c1-21-13-8-7-10(9-14(13)22-2)15(18)16-11-5-3-4-6-12(11)17(19)20/h3-9H,1-2H3,(H,16,18). The number of carbonyl (C=O) groups excluding carboxylic acids is 1. The van der Waals surface area contributed by atoms with Crippen molar-refractivity contribution < 1.29 is 19.2 Å². The molecule has 0 bridgehead atoms. The van der Waals surface area contributed by atoms with E-state index in [0.29, 0.717) is 17.1 Å². The fourth-order valence-electron chi connectivity index (χ4n) is 1.91. The minimum absolute atomic E-state index is 0.132. The summed E-state index contributed by atoms with van der Waals surface area (Å²) in [7, 11) is 2.95. The summed E-state index contributed by atoms with van der Waals surface area (Å²) in [5, 5.41) is 13.5. The molecule has 0 radical (unpaired) electrons. The van der Waals surface area contributed by atoms with Crippen LogP contribution < -0.4 is 14.8 Å². The van der Waals surface area contributed by atoms with Crippen LogP contribution in [0.25, 0.3) is 0 Å². The molecular formula is C15H14N2O5. The highest BCUT2D eigenvalue weighted by molar-refractivity contribution is 6.05. The molecule has 2 rings (SSSR count). The van der Waals surface area contributed by atoms with E-state index in [9.17, 15) is 14.9 Å². The maximum Gasteiger partial charge on any atom is 0.292 e. The second-order valence-electron chi connectivity index (χ2n) is 4.30. The molecule has 0 aromatic heterocycles. The Hall–Kier alpha value is -3.09. The number of nitrogens with one attached hydrogen (secondary N) is 1. The number of rotatable bonds is 5. The molecule has 0 saturated carbocycles. The van der Waals surface area contributed by atoms with Gasteiger partial charge in [-0.15, -0.1) is 0 Å². The van der Waals surface area contributed by atoms with Crippen LogP contribution in [0.5, 0.6) is 11.5 Å². The van der Waals surface area contributed by atoms with Crippen LogP contribution in [-0.2, 0) is 0 Å². The first-order valence-corrected chi connectivity index (χ1v) is 6.33. The van der Waals surface area contributed by atoms with Crippen LogP contribution in [0.4, 0.5) is 11.4 Å². The van der Waals surface area contributed by atoms with Gasteiger partial charge in [-0.3, -0.25) is 14.9 Å². The van der Waals surface area contributed by atoms with E-state index in [2.05, 4.69) is 5.32 Å². The molecule has 2 aromatic rings. The van der Waals surface area contributed by atoms with Crippen LogP contribution >= 0.6 is 0 Å². The van der Waals surface area contributed by atoms with E-state index in [-0.39, 0.29) is 11.4 Å². The fraction of sp³-hybridized carbons (Fsp3) is 0.133. The summed E-state index contributed by atoms with van der Waals surface area (Å²) in [6.45, 7) is 0. The van der Waals surface area contributed by atoms with Gasteiger partial charge in [0, 0.05) is 11.6 Å². The summed E-state index contributed by atoms with van der Waals surface area (Å²) >= 11 is 0. The van der Waals surface area contributed by atoms with E-state index in [1.807, 2.05) is 0 Å². The highest BCUT2D eigenvalue weighted by Crippen LogP contribution is 2.29. The first-order chi connectivity index (χ1) is 10.6. The van der Waals surface area contributed by atoms with Crippen LogP contribution in [0.15, 0.2) is 42.5 Å². The lowest BCUT2D eigenvalue weighted by atomic mass is 10.1. The average molecular weight is 302 g/mol. The Bertz CT molecular complexity index is 715. The Morgan fingerprint density at radius 2 is 1.77 bits per heavy atom. The molecule has 2 aromatic carbocycles. The number of hydrogen-bond donors (Lipinski definition) is 1. The van der Waals surface area contributed by atoms with Crippen molar-refractivity contribution in [1.82, 2.24) is 0 Å². The van der Waals surface area contributed by atoms with E-state index < -0.39 is 10.8 Å². The molecule has 0 spiro atoms. The molecule has 0 aliphatic carbocycles. The SMILES string of the molecule is COc1ccc(C(=O)Nc2ccccc2[N+](=O)[O-])cc1OC. The number of benzene rings is 2. The van der Waals surface area contributed by atoms with E-state index in [1.54, 1.807) is 18.2 Å². The Morgan fingerprint density at radius 3 is 2.41 bits per heavy atom. The summed E-state index contributed by atoms with van der Waals surface area (Å²) in [6.07, 6.45) is 0. The smallest absolute Gasteiger partial charge is 0.292 e. The van der Waals surface area contributed by atoms with E-state index in [1.165, 1.54) is 38.5 Å². The Morgan fingerprint density at radius 1 is 1.09 bits per heavy atom. The van der Waals surface area contributed by atoms with Gasteiger partial charge in [0.1, 0.15) is 5.69 Å². The second kappa shape index (κ2) is 6.57. The van der Waals surface area contributed by atoms with Crippen molar-refractivity contribution in [2.24, 2.45) is 0 Å². The van der Waals surface area contributed by atoms with Crippen molar-refractivity contribution in [3.8, 4) is 11.5 Å². The summed E-state index contributed by atoms with van der Waals surface area (Å²) in [6, 6.07) is 10.6. The topological polar surface area (TPSA) is 90.7 Å². The van der Waals surface area contributed by atoms with Gasteiger partial charge in [-0.05, 0) is 24.3 Å². The molecular weight excluding hydrogens is 288 g/mol. The number of hydrogen-bond acceptors (Lipinski definition) is 5. The number of amides is 1. The molecule has 7 heteroatoms. The predicted octanol–water partition coefficient (Wildman–Crippen LogP) is 2.86. The number of anilines is 1. The van der Waals surface area contributed by atoms with Gasteiger partial charge < -0.3 is 14.8 Å². The summed E-state index contributed by atoms with van der Waals surface area (Å²) in [5.74, 6) is 0.415. The zero-order chi connectivity index (χ0) is 16.1. The summed E-state index contributed by atoms with van der Waals surface area (Å²) in [5.41, 5.74) is 0.263. The molecule has 1 N–H and O–H groups in total. The first kappa shape index (κ1) is 15.3. The van der Waals surface area contributed by atoms with Crippen molar-refractivity contribution in [3.05, 3.63) is 58.1 Å². The van der Waals surface area contributed by atoms with Gasteiger partial charge in [-0.2, -0.15) is 0 Å². The lowest BCUT2D eigenvalue weighted by molar-refractivity contribution is -0.383.